The lowest BCUT2D eigenvalue weighted by Crippen LogP contribution is -2.37. The van der Waals surface area contributed by atoms with E-state index >= 15 is 0 Å². The minimum Gasteiger partial charge on any atom is -0.298 e. The van der Waals surface area contributed by atoms with Crippen LogP contribution in [0.3, 0.4) is 0 Å². The third-order valence-corrected chi connectivity index (χ3v) is 4.87. The Morgan fingerprint density at radius 3 is 2.00 bits per heavy atom. The maximum atomic E-state index is 12.3. The molecule has 0 aromatic rings. The summed E-state index contributed by atoms with van der Waals surface area (Å²) in [5.74, 6) is 2.22. The zero-order chi connectivity index (χ0) is 11.6. The molecule has 0 radical (unpaired) electrons. The van der Waals surface area contributed by atoms with Crippen molar-refractivity contribution in [2.24, 2.45) is 17.8 Å². The van der Waals surface area contributed by atoms with E-state index in [4.69, 9.17) is 0 Å². The fourth-order valence-electron chi connectivity index (χ4n) is 2.75. The van der Waals surface area contributed by atoms with Gasteiger partial charge >= 0.3 is 0 Å². The molecule has 15 heavy (non-hydrogen) atoms. The Bertz CT molecular complexity index is 225. The summed E-state index contributed by atoms with van der Waals surface area (Å²) in [5, 5.41) is 0. The van der Waals surface area contributed by atoms with Gasteiger partial charge in [-0.1, -0.05) is 13.8 Å². The Kier molecular flexibility index (Phi) is 4.28. The SMILES string of the molecule is CSC(C)(C)C(=O)C1CC(C)CC(C)C1. The zero-order valence-electron chi connectivity index (χ0n) is 10.7. The molecule has 0 spiro atoms. The maximum absolute atomic E-state index is 12.3. The highest BCUT2D eigenvalue weighted by molar-refractivity contribution is 8.00. The van der Waals surface area contributed by atoms with E-state index in [1.807, 2.05) is 6.26 Å². The third-order valence-electron chi connectivity index (χ3n) is 3.65. The predicted octanol–water partition coefficient (Wildman–Crippen LogP) is 3.77. The van der Waals surface area contributed by atoms with Crippen molar-refractivity contribution < 1.29 is 4.79 Å². The Labute approximate surface area is 98.4 Å². The number of Topliss-reactive ketones (excluding diaryl/α,β-unsaturated/α-hetero) is 1. The van der Waals surface area contributed by atoms with Crippen molar-refractivity contribution in [3.8, 4) is 0 Å². The van der Waals surface area contributed by atoms with E-state index in [9.17, 15) is 4.79 Å². The standard InChI is InChI=1S/C13H24OS/c1-9-6-10(2)8-11(7-9)12(14)13(3,4)15-5/h9-11H,6-8H2,1-5H3. The third kappa shape index (κ3) is 3.24. The lowest BCUT2D eigenvalue weighted by molar-refractivity contribution is -0.126. The van der Waals surface area contributed by atoms with Gasteiger partial charge in [0.25, 0.3) is 0 Å². The quantitative estimate of drug-likeness (QED) is 0.731. The molecule has 1 saturated carbocycles. The van der Waals surface area contributed by atoms with Crippen molar-refractivity contribution >= 4 is 17.5 Å². The van der Waals surface area contributed by atoms with Gasteiger partial charge in [0, 0.05) is 5.92 Å². The molecule has 1 rings (SSSR count). The fourth-order valence-corrected chi connectivity index (χ4v) is 3.12. The van der Waals surface area contributed by atoms with Crippen LogP contribution in [0, 0.1) is 17.8 Å². The molecule has 0 aliphatic heterocycles. The molecule has 0 bridgehead atoms. The first kappa shape index (κ1) is 13.1. The van der Waals surface area contributed by atoms with Gasteiger partial charge < -0.3 is 0 Å². The van der Waals surface area contributed by atoms with Crippen LogP contribution in [0.2, 0.25) is 0 Å². The molecular formula is C13H24OS. The molecule has 0 aromatic carbocycles. The average molecular weight is 228 g/mol. The molecule has 1 aliphatic carbocycles. The summed E-state index contributed by atoms with van der Waals surface area (Å²) in [6.45, 7) is 8.68. The van der Waals surface area contributed by atoms with E-state index in [0.29, 0.717) is 11.7 Å². The number of thioether (sulfide) groups is 1. The zero-order valence-corrected chi connectivity index (χ0v) is 11.5. The monoisotopic (exact) mass is 228 g/mol. The molecule has 2 unspecified atom stereocenters. The second-order valence-electron chi connectivity index (χ2n) is 5.69. The molecule has 1 nitrogen and oxygen atoms in total. The van der Waals surface area contributed by atoms with Crippen LogP contribution in [-0.4, -0.2) is 16.8 Å². The van der Waals surface area contributed by atoms with E-state index in [1.165, 1.54) is 6.42 Å². The highest BCUT2D eigenvalue weighted by Crippen LogP contribution is 2.37. The normalized spacial score (nSPS) is 32.7. The highest BCUT2D eigenvalue weighted by atomic mass is 32.2. The van der Waals surface area contributed by atoms with E-state index in [0.717, 1.165) is 24.7 Å². The van der Waals surface area contributed by atoms with Gasteiger partial charge in [-0.2, -0.15) is 11.8 Å². The van der Waals surface area contributed by atoms with Gasteiger partial charge in [-0.3, -0.25) is 4.79 Å². The Hall–Kier alpha value is 0.0200. The molecule has 0 saturated heterocycles. The van der Waals surface area contributed by atoms with Gasteiger partial charge in [0.1, 0.15) is 0 Å². The van der Waals surface area contributed by atoms with Gasteiger partial charge in [-0.15, -0.1) is 0 Å². The van der Waals surface area contributed by atoms with E-state index in [1.54, 1.807) is 11.8 Å². The van der Waals surface area contributed by atoms with Crippen LogP contribution in [-0.2, 0) is 4.79 Å². The fraction of sp³-hybridized carbons (Fsp3) is 0.923. The minimum atomic E-state index is -0.193. The van der Waals surface area contributed by atoms with Gasteiger partial charge in [0.2, 0.25) is 0 Å². The number of ketones is 1. The van der Waals surface area contributed by atoms with Crippen molar-refractivity contribution in [3.63, 3.8) is 0 Å². The maximum Gasteiger partial charge on any atom is 0.151 e. The molecule has 0 N–H and O–H groups in total. The molecular weight excluding hydrogens is 204 g/mol. The van der Waals surface area contributed by atoms with Crippen LogP contribution < -0.4 is 0 Å². The van der Waals surface area contributed by atoms with Gasteiger partial charge in [-0.25, -0.2) is 0 Å². The molecule has 2 heteroatoms. The molecule has 1 fully saturated rings. The number of carbonyl (C=O) groups is 1. The van der Waals surface area contributed by atoms with Crippen LogP contribution in [0.1, 0.15) is 47.0 Å². The molecule has 0 aromatic heterocycles. The summed E-state index contributed by atoms with van der Waals surface area (Å²) in [7, 11) is 0. The summed E-state index contributed by atoms with van der Waals surface area (Å²) in [4.78, 5) is 12.3. The first-order valence-electron chi connectivity index (χ1n) is 5.96. The summed E-state index contributed by atoms with van der Waals surface area (Å²) >= 11 is 1.68. The summed E-state index contributed by atoms with van der Waals surface area (Å²) in [6.07, 6.45) is 5.54. The van der Waals surface area contributed by atoms with Crippen molar-refractivity contribution in [1.82, 2.24) is 0 Å². The Morgan fingerprint density at radius 1 is 1.13 bits per heavy atom. The van der Waals surface area contributed by atoms with E-state index in [2.05, 4.69) is 27.7 Å². The second-order valence-corrected chi connectivity index (χ2v) is 7.12. The van der Waals surface area contributed by atoms with Gasteiger partial charge in [-0.05, 0) is 51.2 Å². The molecule has 88 valence electrons. The highest BCUT2D eigenvalue weighted by Gasteiger charge is 2.36. The molecule has 0 amide bonds. The van der Waals surface area contributed by atoms with Crippen molar-refractivity contribution in [3.05, 3.63) is 0 Å². The lowest BCUT2D eigenvalue weighted by atomic mass is 9.73. The number of rotatable bonds is 3. The molecule has 0 heterocycles. The smallest absolute Gasteiger partial charge is 0.151 e. The van der Waals surface area contributed by atoms with Crippen LogP contribution in [0.15, 0.2) is 0 Å². The largest absolute Gasteiger partial charge is 0.298 e. The lowest BCUT2D eigenvalue weighted by Gasteiger charge is -2.34. The van der Waals surface area contributed by atoms with E-state index in [-0.39, 0.29) is 4.75 Å². The molecule has 1 aliphatic rings. The molecule has 2 atom stereocenters. The van der Waals surface area contributed by atoms with Crippen molar-refractivity contribution in [2.45, 2.75) is 51.7 Å². The number of carbonyl (C=O) groups excluding carboxylic acids is 1. The van der Waals surface area contributed by atoms with E-state index < -0.39 is 0 Å². The van der Waals surface area contributed by atoms with Crippen LogP contribution >= 0.6 is 11.8 Å². The average Bonchev–Trinajstić information content (AvgIpc) is 2.15. The Balaban J connectivity index is 2.67. The minimum absolute atomic E-state index is 0.193. The summed E-state index contributed by atoms with van der Waals surface area (Å²) in [5.41, 5.74) is 0. The summed E-state index contributed by atoms with van der Waals surface area (Å²) in [6, 6.07) is 0. The van der Waals surface area contributed by atoms with Gasteiger partial charge in [0.15, 0.2) is 5.78 Å². The van der Waals surface area contributed by atoms with Gasteiger partial charge in [0.05, 0.1) is 4.75 Å². The summed E-state index contributed by atoms with van der Waals surface area (Å²) < 4.78 is -0.193. The van der Waals surface area contributed by atoms with Crippen LogP contribution in [0.4, 0.5) is 0 Å². The second kappa shape index (κ2) is 4.90. The van der Waals surface area contributed by atoms with Crippen LogP contribution in [0.5, 0.6) is 0 Å². The number of hydrogen-bond donors (Lipinski definition) is 0. The topological polar surface area (TPSA) is 17.1 Å². The van der Waals surface area contributed by atoms with Crippen LogP contribution in [0.25, 0.3) is 0 Å². The number of hydrogen-bond acceptors (Lipinski definition) is 2. The van der Waals surface area contributed by atoms with Crippen molar-refractivity contribution in [1.29, 1.82) is 0 Å². The van der Waals surface area contributed by atoms with Crippen molar-refractivity contribution in [2.75, 3.05) is 6.26 Å². The first-order chi connectivity index (χ1) is 6.86. The first-order valence-corrected chi connectivity index (χ1v) is 7.18. The Morgan fingerprint density at radius 2 is 1.60 bits per heavy atom. The predicted molar refractivity (Wildman–Crippen MR) is 68.3 cm³/mol.